The van der Waals surface area contributed by atoms with E-state index in [0.29, 0.717) is 0 Å². The lowest BCUT2D eigenvalue weighted by Crippen LogP contribution is -2.23. The van der Waals surface area contributed by atoms with E-state index in [1.54, 1.807) is 18.4 Å². The molecule has 98 valence electrons. The maximum absolute atomic E-state index is 6.00. The number of rotatable bonds is 9. The molecule has 0 atom stereocenters. The van der Waals surface area contributed by atoms with Gasteiger partial charge in [-0.3, -0.25) is 0 Å². The minimum atomic E-state index is 0.738. The fraction of sp³-hybridized carbons (Fsp3) is 0.667. The average Bonchev–Trinajstić information content (AvgIpc) is 2.62. The van der Waals surface area contributed by atoms with Crippen LogP contribution >= 0.6 is 22.9 Å². The van der Waals surface area contributed by atoms with Gasteiger partial charge >= 0.3 is 0 Å². The molecule has 0 fully saturated rings. The van der Waals surface area contributed by atoms with E-state index in [1.165, 1.54) is 4.88 Å². The standard InChI is InChI=1S/C12H20ClNO2S/c1-10-9-11(17-12(10)13)3-6-16-8-5-14-4-7-15-2/h9,14H,3-8H2,1-2H3. The van der Waals surface area contributed by atoms with Gasteiger partial charge in [-0.2, -0.15) is 0 Å². The first-order valence-corrected chi connectivity index (χ1v) is 6.95. The molecule has 0 bridgehead atoms. The van der Waals surface area contributed by atoms with Gasteiger partial charge in [0.1, 0.15) is 0 Å². The van der Waals surface area contributed by atoms with Gasteiger partial charge in [-0.25, -0.2) is 0 Å². The number of hydrogen-bond donors (Lipinski definition) is 1. The van der Waals surface area contributed by atoms with Gasteiger partial charge in [0.2, 0.25) is 0 Å². The Morgan fingerprint density at radius 2 is 2.06 bits per heavy atom. The number of halogens is 1. The summed E-state index contributed by atoms with van der Waals surface area (Å²) in [6.45, 7) is 6.01. The van der Waals surface area contributed by atoms with Crippen LogP contribution in [0, 0.1) is 6.92 Å². The molecule has 1 aromatic rings. The molecule has 0 amide bonds. The summed E-state index contributed by atoms with van der Waals surface area (Å²) in [4.78, 5) is 1.29. The summed E-state index contributed by atoms with van der Waals surface area (Å²) < 4.78 is 11.3. The number of methoxy groups -OCH3 is 1. The molecule has 1 aromatic heterocycles. The van der Waals surface area contributed by atoms with Crippen LogP contribution in [0.2, 0.25) is 4.34 Å². The first-order valence-electron chi connectivity index (χ1n) is 5.76. The maximum Gasteiger partial charge on any atom is 0.0960 e. The zero-order chi connectivity index (χ0) is 12.5. The van der Waals surface area contributed by atoms with Crippen molar-refractivity contribution >= 4 is 22.9 Å². The molecule has 0 radical (unpaired) electrons. The van der Waals surface area contributed by atoms with Crippen molar-refractivity contribution in [1.29, 1.82) is 0 Å². The normalized spacial score (nSPS) is 11.0. The van der Waals surface area contributed by atoms with Crippen LogP contribution in [0.1, 0.15) is 10.4 Å². The molecule has 0 saturated heterocycles. The van der Waals surface area contributed by atoms with Crippen LogP contribution < -0.4 is 5.32 Å². The largest absolute Gasteiger partial charge is 0.383 e. The van der Waals surface area contributed by atoms with Crippen molar-refractivity contribution < 1.29 is 9.47 Å². The predicted molar refractivity (Wildman–Crippen MR) is 73.3 cm³/mol. The second kappa shape index (κ2) is 8.89. The molecule has 0 spiro atoms. The molecule has 17 heavy (non-hydrogen) atoms. The van der Waals surface area contributed by atoms with Gasteiger partial charge in [-0.05, 0) is 18.6 Å². The number of aryl methyl sites for hydroxylation is 1. The van der Waals surface area contributed by atoms with Crippen LogP contribution in [0.15, 0.2) is 6.07 Å². The fourth-order valence-electron chi connectivity index (χ4n) is 1.36. The molecular formula is C12H20ClNO2S. The molecule has 1 rings (SSSR count). The Bertz CT molecular complexity index is 298. The Hall–Kier alpha value is -0.130. The molecule has 1 N–H and O–H groups in total. The predicted octanol–water partition coefficient (Wildman–Crippen LogP) is 2.51. The lowest BCUT2D eigenvalue weighted by atomic mass is 10.3. The van der Waals surface area contributed by atoms with Crippen LogP contribution in [0.25, 0.3) is 0 Å². The van der Waals surface area contributed by atoms with Crippen molar-refractivity contribution in [3.05, 3.63) is 20.8 Å². The Labute approximate surface area is 112 Å². The molecule has 0 aliphatic carbocycles. The quantitative estimate of drug-likeness (QED) is 0.704. The van der Waals surface area contributed by atoms with Crippen molar-refractivity contribution in [2.45, 2.75) is 13.3 Å². The van der Waals surface area contributed by atoms with Gasteiger partial charge in [-0.1, -0.05) is 11.6 Å². The second-order valence-electron chi connectivity index (χ2n) is 3.77. The first kappa shape index (κ1) is 14.9. The minimum absolute atomic E-state index is 0.738. The zero-order valence-electron chi connectivity index (χ0n) is 10.4. The van der Waals surface area contributed by atoms with Crippen LogP contribution in [-0.4, -0.2) is 40.0 Å². The Morgan fingerprint density at radius 3 is 2.71 bits per heavy atom. The van der Waals surface area contributed by atoms with Gasteiger partial charge in [0.25, 0.3) is 0 Å². The molecule has 0 aromatic carbocycles. The third-order valence-corrected chi connectivity index (χ3v) is 3.92. The van der Waals surface area contributed by atoms with Crippen LogP contribution in [-0.2, 0) is 15.9 Å². The van der Waals surface area contributed by atoms with Crippen molar-refractivity contribution in [3.8, 4) is 0 Å². The van der Waals surface area contributed by atoms with E-state index in [0.717, 1.165) is 49.2 Å². The highest BCUT2D eigenvalue weighted by molar-refractivity contribution is 7.16. The van der Waals surface area contributed by atoms with Gasteiger partial charge in [-0.15, -0.1) is 11.3 Å². The first-order chi connectivity index (χ1) is 8.24. The lowest BCUT2D eigenvalue weighted by molar-refractivity contribution is 0.135. The van der Waals surface area contributed by atoms with Gasteiger partial charge in [0.05, 0.1) is 24.2 Å². The molecular weight excluding hydrogens is 258 g/mol. The molecule has 0 aliphatic rings. The van der Waals surface area contributed by atoms with Crippen LogP contribution in [0.3, 0.4) is 0 Å². The number of ether oxygens (including phenoxy) is 2. The molecule has 5 heteroatoms. The van der Waals surface area contributed by atoms with E-state index in [4.69, 9.17) is 21.1 Å². The summed E-state index contributed by atoms with van der Waals surface area (Å²) in [5, 5.41) is 3.23. The Kier molecular flexibility index (Phi) is 7.81. The summed E-state index contributed by atoms with van der Waals surface area (Å²) >= 11 is 7.64. The van der Waals surface area contributed by atoms with E-state index >= 15 is 0 Å². The van der Waals surface area contributed by atoms with Crippen molar-refractivity contribution in [3.63, 3.8) is 0 Å². The SMILES string of the molecule is COCCNCCOCCc1cc(C)c(Cl)s1. The van der Waals surface area contributed by atoms with Crippen molar-refractivity contribution in [2.24, 2.45) is 0 Å². The number of hydrogen-bond acceptors (Lipinski definition) is 4. The molecule has 0 saturated carbocycles. The van der Waals surface area contributed by atoms with E-state index in [-0.39, 0.29) is 0 Å². The molecule has 0 aliphatic heterocycles. The number of nitrogens with one attached hydrogen (secondary N) is 1. The van der Waals surface area contributed by atoms with Crippen LogP contribution in [0.4, 0.5) is 0 Å². The van der Waals surface area contributed by atoms with E-state index in [1.807, 2.05) is 6.92 Å². The summed E-state index contributed by atoms with van der Waals surface area (Å²) in [5.74, 6) is 0. The summed E-state index contributed by atoms with van der Waals surface area (Å²) in [7, 11) is 1.70. The minimum Gasteiger partial charge on any atom is -0.383 e. The van der Waals surface area contributed by atoms with Gasteiger partial charge in [0, 0.05) is 31.5 Å². The average molecular weight is 278 g/mol. The molecule has 3 nitrogen and oxygen atoms in total. The van der Waals surface area contributed by atoms with Crippen molar-refractivity contribution in [1.82, 2.24) is 5.32 Å². The Balaban J connectivity index is 1.97. The number of thiophene rings is 1. The van der Waals surface area contributed by atoms with Gasteiger partial charge in [0.15, 0.2) is 0 Å². The van der Waals surface area contributed by atoms with E-state index < -0.39 is 0 Å². The monoisotopic (exact) mass is 277 g/mol. The molecule has 0 unspecified atom stereocenters. The lowest BCUT2D eigenvalue weighted by Gasteiger charge is -2.04. The smallest absolute Gasteiger partial charge is 0.0960 e. The van der Waals surface area contributed by atoms with E-state index in [9.17, 15) is 0 Å². The summed E-state index contributed by atoms with van der Waals surface area (Å²) in [6.07, 6.45) is 0.941. The highest BCUT2D eigenvalue weighted by atomic mass is 35.5. The van der Waals surface area contributed by atoms with E-state index in [2.05, 4.69) is 11.4 Å². The maximum atomic E-state index is 6.00. The topological polar surface area (TPSA) is 30.5 Å². The highest BCUT2D eigenvalue weighted by Gasteiger charge is 2.02. The van der Waals surface area contributed by atoms with Crippen LogP contribution in [0.5, 0.6) is 0 Å². The fourth-order valence-corrected chi connectivity index (χ4v) is 2.59. The van der Waals surface area contributed by atoms with Gasteiger partial charge < -0.3 is 14.8 Å². The highest BCUT2D eigenvalue weighted by Crippen LogP contribution is 2.26. The molecule has 1 heterocycles. The van der Waals surface area contributed by atoms with Crippen molar-refractivity contribution in [2.75, 3.05) is 40.0 Å². The summed E-state index contributed by atoms with van der Waals surface area (Å²) in [5.41, 5.74) is 1.16. The third-order valence-electron chi connectivity index (χ3n) is 2.31. The second-order valence-corrected chi connectivity index (χ2v) is 5.51. The summed E-state index contributed by atoms with van der Waals surface area (Å²) in [6, 6.07) is 2.13. The zero-order valence-corrected chi connectivity index (χ0v) is 12.0. The third kappa shape index (κ3) is 6.38. The Morgan fingerprint density at radius 1 is 1.29 bits per heavy atom.